The van der Waals surface area contributed by atoms with Gasteiger partial charge in [0.15, 0.2) is 0 Å². The average molecular weight is 235 g/mol. The summed E-state index contributed by atoms with van der Waals surface area (Å²) in [6, 6.07) is 3.50. The van der Waals surface area contributed by atoms with Crippen LogP contribution in [0.25, 0.3) is 0 Å². The molecule has 1 fully saturated rings. The Hall–Kier alpha value is -1.62. The Labute approximate surface area is 100 Å². The fourth-order valence-corrected chi connectivity index (χ4v) is 1.97. The van der Waals surface area contributed by atoms with Crippen molar-refractivity contribution in [1.29, 1.82) is 0 Å². The minimum Gasteiger partial charge on any atom is -0.385 e. The summed E-state index contributed by atoms with van der Waals surface area (Å²) in [7, 11) is 0. The number of nitrogens with one attached hydrogen (secondary N) is 1. The molecule has 1 aliphatic heterocycles. The Bertz CT molecular complexity index is 408. The van der Waals surface area contributed by atoms with Crippen LogP contribution in [0, 0.1) is 5.92 Å². The molecule has 17 heavy (non-hydrogen) atoms. The number of ether oxygens (including phenoxy) is 1. The van der Waals surface area contributed by atoms with E-state index in [1.165, 1.54) is 0 Å². The number of amides is 1. The predicted octanol–water partition coefficient (Wildman–Crippen LogP) is 1.02. The minimum absolute atomic E-state index is 0.283. The molecule has 2 unspecified atom stereocenters. The Morgan fingerprint density at radius 3 is 3.18 bits per heavy atom. The standard InChI is InChI=1S/C12H17N3O2/c1-8-9(3-5-17-8)7-15-10-2-4-14-11(6-10)12(13)16/h2,4,6,8-9H,3,5,7H2,1H3,(H2,13,16)(H,14,15). The van der Waals surface area contributed by atoms with E-state index in [2.05, 4.69) is 17.2 Å². The van der Waals surface area contributed by atoms with Crippen molar-refractivity contribution < 1.29 is 9.53 Å². The van der Waals surface area contributed by atoms with Crippen LogP contribution in [-0.2, 0) is 4.74 Å². The zero-order chi connectivity index (χ0) is 12.3. The fourth-order valence-electron chi connectivity index (χ4n) is 1.97. The van der Waals surface area contributed by atoms with Gasteiger partial charge in [-0.2, -0.15) is 0 Å². The first kappa shape index (κ1) is 11.9. The number of rotatable bonds is 4. The van der Waals surface area contributed by atoms with Gasteiger partial charge in [-0.15, -0.1) is 0 Å². The molecule has 2 heterocycles. The van der Waals surface area contributed by atoms with Crippen LogP contribution in [0.3, 0.4) is 0 Å². The second kappa shape index (κ2) is 5.14. The molecule has 0 saturated carbocycles. The second-order valence-corrected chi connectivity index (χ2v) is 4.30. The SMILES string of the molecule is CC1OCCC1CNc1ccnc(C(N)=O)c1. The Balaban J connectivity index is 1.94. The molecule has 5 nitrogen and oxygen atoms in total. The van der Waals surface area contributed by atoms with Gasteiger partial charge in [-0.25, -0.2) is 0 Å². The van der Waals surface area contributed by atoms with Crippen molar-refractivity contribution in [1.82, 2.24) is 4.98 Å². The molecule has 92 valence electrons. The summed E-state index contributed by atoms with van der Waals surface area (Å²) in [5, 5.41) is 3.28. The van der Waals surface area contributed by atoms with Crippen molar-refractivity contribution in [2.24, 2.45) is 11.7 Å². The molecule has 1 aromatic rings. The maximum absolute atomic E-state index is 11.0. The van der Waals surface area contributed by atoms with E-state index in [1.807, 2.05) is 6.07 Å². The third-order valence-electron chi connectivity index (χ3n) is 3.11. The molecule has 0 spiro atoms. The lowest BCUT2D eigenvalue weighted by molar-refractivity contribution is 0.0995. The van der Waals surface area contributed by atoms with E-state index >= 15 is 0 Å². The van der Waals surface area contributed by atoms with Crippen LogP contribution >= 0.6 is 0 Å². The van der Waals surface area contributed by atoms with E-state index in [1.54, 1.807) is 12.3 Å². The lowest BCUT2D eigenvalue weighted by Gasteiger charge is -2.15. The number of nitrogens with two attached hydrogens (primary N) is 1. The van der Waals surface area contributed by atoms with Crippen molar-refractivity contribution in [3.05, 3.63) is 24.0 Å². The molecular formula is C12H17N3O2. The van der Waals surface area contributed by atoms with Crippen LogP contribution in [0.5, 0.6) is 0 Å². The predicted molar refractivity (Wildman–Crippen MR) is 64.8 cm³/mol. The van der Waals surface area contributed by atoms with Crippen molar-refractivity contribution in [3.63, 3.8) is 0 Å². The van der Waals surface area contributed by atoms with Crippen LogP contribution in [0.1, 0.15) is 23.8 Å². The summed E-state index contributed by atoms with van der Waals surface area (Å²) in [5.74, 6) is 0.00594. The fraction of sp³-hybridized carbons (Fsp3) is 0.500. The molecule has 0 aromatic carbocycles. The number of hydrogen-bond donors (Lipinski definition) is 2. The zero-order valence-corrected chi connectivity index (χ0v) is 9.85. The van der Waals surface area contributed by atoms with Crippen LogP contribution in [0.2, 0.25) is 0 Å². The Morgan fingerprint density at radius 1 is 1.71 bits per heavy atom. The van der Waals surface area contributed by atoms with E-state index in [4.69, 9.17) is 10.5 Å². The van der Waals surface area contributed by atoms with Gasteiger partial charge in [0.2, 0.25) is 0 Å². The van der Waals surface area contributed by atoms with E-state index in [-0.39, 0.29) is 5.69 Å². The molecule has 0 radical (unpaired) electrons. The molecule has 2 atom stereocenters. The largest absolute Gasteiger partial charge is 0.385 e. The minimum atomic E-state index is -0.508. The number of anilines is 1. The molecule has 0 aliphatic carbocycles. The Kier molecular flexibility index (Phi) is 3.58. The maximum Gasteiger partial charge on any atom is 0.267 e. The van der Waals surface area contributed by atoms with Crippen molar-refractivity contribution in [3.8, 4) is 0 Å². The zero-order valence-electron chi connectivity index (χ0n) is 9.85. The van der Waals surface area contributed by atoms with Gasteiger partial charge in [-0.3, -0.25) is 9.78 Å². The topological polar surface area (TPSA) is 77.2 Å². The molecule has 1 aromatic heterocycles. The van der Waals surface area contributed by atoms with Gasteiger partial charge in [0.25, 0.3) is 5.91 Å². The molecule has 5 heteroatoms. The summed E-state index contributed by atoms with van der Waals surface area (Å²) >= 11 is 0. The maximum atomic E-state index is 11.0. The quantitative estimate of drug-likeness (QED) is 0.816. The molecule has 1 aliphatic rings. The van der Waals surface area contributed by atoms with E-state index < -0.39 is 5.91 Å². The second-order valence-electron chi connectivity index (χ2n) is 4.30. The number of carbonyl (C=O) groups excluding carboxylic acids is 1. The number of aromatic nitrogens is 1. The lowest BCUT2D eigenvalue weighted by atomic mass is 10.0. The summed E-state index contributed by atoms with van der Waals surface area (Å²) in [6.07, 6.45) is 2.94. The highest BCUT2D eigenvalue weighted by molar-refractivity contribution is 5.91. The van der Waals surface area contributed by atoms with Crippen LogP contribution in [0.15, 0.2) is 18.3 Å². The van der Waals surface area contributed by atoms with Gasteiger partial charge >= 0.3 is 0 Å². The highest BCUT2D eigenvalue weighted by Crippen LogP contribution is 2.21. The van der Waals surface area contributed by atoms with Gasteiger partial charge in [0.1, 0.15) is 5.69 Å². The first-order chi connectivity index (χ1) is 8.16. The molecule has 3 N–H and O–H groups in total. The summed E-state index contributed by atoms with van der Waals surface area (Å²) < 4.78 is 5.49. The first-order valence-corrected chi connectivity index (χ1v) is 5.78. The van der Waals surface area contributed by atoms with Gasteiger partial charge in [0.05, 0.1) is 6.10 Å². The molecular weight excluding hydrogens is 218 g/mol. The number of hydrogen-bond acceptors (Lipinski definition) is 4. The number of pyridine rings is 1. The van der Waals surface area contributed by atoms with Crippen molar-refractivity contribution in [2.45, 2.75) is 19.4 Å². The van der Waals surface area contributed by atoms with Gasteiger partial charge < -0.3 is 15.8 Å². The van der Waals surface area contributed by atoms with E-state index in [9.17, 15) is 4.79 Å². The van der Waals surface area contributed by atoms with Gasteiger partial charge in [0, 0.05) is 31.0 Å². The molecule has 1 saturated heterocycles. The highest BCUT2D eigenvalue weighted by atomic mass is 16.5. The van der Waals surface area contributed by atoms with Crippen LogP contribution < -0.4 is 11.1 Å². The van der Waals surface area contributed by atoms with E-state index in [0.29, 0.717) is 12.0 Å². The first-order valence-electron chi connectivity index (χ1n) is 5.78. The lowest BCUT2D eigenvalue weighted by Crippen LogP contribution is -2.21. The summed E-state index contributed by atoms with van der Waals surface area (Å²) in [5.41, 5.74) is 6.33. The highest BCUT2D eigenvalue weighted by Gasteiger charge is 2.23. The smallest absolute Gasteiger partial charge is 0.267 e. The van der Waals surface area contributed by atoms with Crippen LogP contribution in [-0.4, -0.2) is 30.1 Å². The van der Waals surface area contributed by atoms with Crippen molar-refractivity contribution >= 4 is 11.6 Å². The molecule has 0 bridgehead atoms. The van der Waals surface area contributed by atoms with Gasteiger partial charge in [-0.05, 0) is 25.5 Å². The Morgan fingerprint density at radius 2 is 2.53 bits per heavy atom. The van der Waals surface area contributed by atoms with Crippen molar-refractivity contribution in [2.75, 3.05) is 18.5 Å². The third kappa shape index (κ3) is 2.94. The summed E-state index contributed by atoms with van der Waals surface area (Å²) in [6.45, 7) is 3.75. The number of carbonyl (C=O) groups is 1. The van der Waals surface area contributed by atoms with E-state index in [0.717, 1.165) is 25.3 Å². The van der Waals surface area contributed by atoms with Crippen LogP contribution in [0.4, 0.5) is 5.69 Å². The molecule has 2 rings (SSSR count). The average Bonchev–Trinajstić information content (AvgIpc) is 2.72. The summed E-state index contributed by atoms with van der Waals surface area (Å²) in [4.78, 5) is 14.9. The number of primary amides is 1. The normalized spacial score (nSPS) is 23.6. The monoisotopic (exact) mass is 235 g/mol. The van der Waals surface area contributed by atoms with Gasteiger partial charge in [-0.1, -0.05) is 0 Å². The third-order valence-corrected chi connectivity index (χ3v) is 3.11. The molecule has 1 amide bonds. The number of nitrogens with zero attached hydrogens (tertiary/aromatic N) is 1.